The number of benzene rings is 1. The Morgan fingerprint density at radius 1 is 1.03 bits per heavy atom. The molecule has 1 aromatic carbocycles. The highest BCUT2D eigenvalue weighted by Crippen LogP contribution is 2.28. The summed E-state index contributed by atoms with van der Waals surface area (Å²) in [6.07, 6.45) is 6.30. The molecule has 0 amide bonds. The predicted octanol–water partition coefficient (Wildman–Crippen LogP) is 3.55. The zero-order chi connectivity index (χ0) is 22.8. The van der Waals surface area contributed by atoms with Crippen LogP contribution in [0.1, 0.15) is 30.9 Å². The van der Waals surface area contributed by atoms with E-state index >= 15 is 0 Å². The first-order valence-electron chi connectivity index (χ1n) is 11.5. The van der Waals surface area contributed by atoms with Gasteiger partial charge in [0.2, 0.25) is 5.95 Å². The second-order valence-corrected chi connectivity index (χ2v) is 8.64. The van der Waals surface area contributed by atoms with Crippen molar-refractivity contribution in [3.8, 4) is 11.3 Å². The molecule has 7 nitrogen and oxygen atoms in total. The molecular formula is C25H28FN5O2. The monoisotopic (exact) mass is 449 g/mol. The Kier molecular flexibility index (Phi) is 6.09. The molecule has 2 saturated heterocycles. The minimum Gasteiger partial charge on any atom is -0.372 e. The van der Waals surface area contributed by atoms with Crippen LogP contribution < -0.4 is 15.4 Å². The molecule has 0 spiro atoms. The molecule has 0 aliphatic carbocycles. The van der Waals surface area contributed by atoms with Crippen LogP contribution in [-0.2, 0) is 11.8 Å². The van der Waals surface area contributed by atoms with Gasteiger partial charge < -0.3 is 14.5 Å². The number of aromatic nitrogens is 3. The van der Waals surface area contributed by atoms with Crippen molar-refractivity contribution in [3.63, 3.8) is 0 Å². The Labute approximate surface area is 192 Å². The van der Waals surface area contributed by atoms with Crippen molar-refractivity contribution >= 4 is 11.6 Å². The first-order valence-corrected chi connectivity index (χ1v) is 11.5. The van der Waals surface area contributed by atoms with Crippen molar-refractivity contribution in [2.75, 3.05) is 42.6 Å². The van der Waals surface area contributed by atoms with E-state index in [2.05, 4.69) is 39.1 Å². The topological polar surface area (TPSA) is 63.5 Å². The van der Waals surface area contributed by atoms with E-state index in [0.29, 0.717) is 31.3 Å². The van der Waals surface area contributed by atoms with Crippen LogP contribution >= 0.6 is 0 Å². The summed E-state index contributed by atoms with van der Waals surface area (Å²) < 4.78 is 21.9. The van der Waals surface area contributed by atoms with E-state index in [1.165, 1.54) is 47.8 Å². The number of ether oxygens (including phenoxy) is 1. The minimum absolute atomic E-state index is 0.132. The number of anilines is 2. The summed E-state index contributed by atoms with van der Waals surface area (Å²) in [5.74, 6) is 0.00445. The first-order chi connectivity index (χ1) is 16.1. The Balaban J connectivity index is 1.39. The van der Waals surface area contributed by atoms with E-state index in [0.717, 1.165) is 24.8 Å². The van der Waals surface area contributed by atoms with Crippen molar-refractivity contribution < 1.29 is 9.13 Å². The largest absolute Gasteiger partial charge is 0.372 e. The van der Waals surface area contributed by atoms with Gasteiger partial charge in [0.25, 0.3) is 5.56 Å². The van der Waals surface area contributed by atoms with Crippen LogP contribution in [0.2, 0.25) is 0 Å². The fourth-order valence-electron chi connectivity index (χ4n) is 4.62. The predicted molar refractivity (Wildman–Crippen MR) is 126 cm³/mol. The molecule has 33 heavy (non-hydrogen) atoms. The Bertz CT molecular complexity index is 1170. The fourth-order valence-corrected chi connectivity index (χ4v) is 4.62. The summed E-state index contributed by atoms with van der Waals surface area (Å²) in [7, 11) is 1.69. The third-order valence-corrected chi connectivity index (χ3v) is 6.50. The van der Waals surface area contributed by atoms with Crippen molar-refractivity contribution in [3.05, 3.63) is 70.5 Å². The molecule has 2 aromatic heterocycles. The lowest BCUT2D eigenvalue weighted by Crippen LogP contribution is -2.41. The summed E-state index contributed by atoms with van der Waals surface area (Å²) >= 11 is 0. The van der Waals surface area contributed by atoms with E-state index in [-0.39, 0.29) is 17.2 Å². The Morgan fingerprint density at radius 3 is 2.58 bits per heavy atom. The zero-order valence-corrected chi connectivity index (χ0v) is 18.8. The summed E-state index contributed by atoms with van der Waals surface area (Å²) in [5.41, 5.74) is 2.69. The highest BCUT2D eigenvalue weighted by Gasteiger charge is 2.26. The van der Waals surface area contributed by atoms with E-state index in [1.807, 2.05) is 4.90 Å². The lowest BCUT2D eigenvalue weighted by molar-refractivity contribution is 0.0390. The van der Waals surface area contributed by atoms with E-state index in [1.54, 1.807) is 7.05 Å². The van der Waals surface area contributed by atoms with Gasteiger partial charge in [-0.05, 0) is 43.0 Å². The van der Waals surface area contributed by atoms with Gasteiger partial charge in [0.1, 0.15) is 6.10 Å². The van der Waals surface area contributed by atoms with Crippen LogP contribution in [0.5, 0.6) is 0 Å². The van der Waals surface area contributed by atoms with Gasteiger partial charge in [0.15, 0.2) is 5.82 Å². The zero-order valence-electron chi connectivity index (χ0n) is 18.8. The van der Waals surface area contributed by atoms with Crippen LogP contribution in [0.3, 0.4) is 0 Å². The summed E-state index contributed by atoms with van der Waals surface area (Å²) in [6, 6.07) is 11.5. The molecule has 0 saturated carbocycles. The molecule has 2 fully saturated rings. The van der Waals surface area contributed by atoms with Crippen LogP contribution in [-0.4, -0.2) is 47.3 Å². The number of hydrogen-bond donors (Lipinski definition) is 0. The van der Waals surface area contributed by atoms with Gasteiger partial charge in [-0.1, -0.05) is 12.1 Å². The Hall–Kier alpha value is -3.26. The minimum atomic E-state index is -0.502. The molecule has 172 valence electrons. The average molecular weight is 450 g/mol. The number of rotatable bonds is 4. The van der Waals surface area contributed by atoms with Gasteiger partial charge in [0.05, 0.1) is 25.0 Å². The molecule has 3 aromatic rings. The van der Waals surface area contributed by atoms with Gasteiger partial charge in [0, 0.05) is 50.2 Å². The molecule has 0 unspecified atom stereocenters. The van der Waals surface area contributed by atoms with E-state index in [4.69, 9.17) is 4.74 Å². The van der Waals surface area contributed by atoms with E-state index in [9.17, 15) is 9.18 Å². The van der Waals surface area contributed by atoms with E-state index < -0.39 is 5.82 Å². The van der Waals surface area contributed by atoms with Crippen LogP contribution in [0, 0.1) is 5.82 Å². The van der Waals surface area contributed by atoms with Crippen molar-refractivity contribution in [2.24, 2.45) is 7.05 Å². The Morgan fingerprint density at radius 2 is 1.82 bits per heavy atom. The van der Waals surface area contributed by atoms with Gasteiger partial charge in [-0.15, -0.1) is 0 Å². The number of nitrogens with zero attached hydrogens (tertiary/aromatic N) is 5. The molecular weight excluding hydrogens is 421 g/mol. The molecule has 5 rings (SSSR count). The SMILES string of the molecule is Cn1c(N2CCO[C@@H](c3ccc(N4CCCCC4)cc3)C2)nc(-c2ccncc2F)cc1=O. The number of piperidine rings is 1. The second kappa shape index (κ2) is 9.31. The average Bonchev–Trinajstić information content (AvgIpc) is 2.87. The normalized spacial score (nSPS) is 19.0. The highest BCUT2D eigenvalue weighted by molar-refractivity contribution is 5.60. The first kappa shape index (κ1) is 21.6. The van der Waals surface area contributed by atoms with Gasteiger partial charge >= 0.3 is 0 Å². The van der Waals surface area contributed by atoms with Gasteiger partial charge in [-0.3, -0.25) is 14.3 Å². The maximum absolute atomic E-state index is 14.3. The smallest absolute Gasteiger partial charge is 0.255 e. The molecule has 8 heteroatoms. The summed E-state index contributed by atoms with van der Waals surface area (Å²) in [6.45, 7) is 3.90. The molecule has 0 radical (unpaired) electrons. The van der Waals surface area contributed by atoms with Gasteiger partial charge in [-0.25, -0.2) is 9.37 Å². The third-order valence-electron chi connectivity index (χ3n) is 6.50. The van der Waals surface area contributed by atoms with Crippen LogP contribution in [0.15, 0.2) is 53.6 Å². The molecule has 0 N–H and O–H groups in total. The molecule has 0 bridgehead atoms. The van der Waals surface area contributed by atoms with Crippen LogP contribution in [0.25, 0.3) is 11.3 Å². The van der Waals surface area contributed by atoms with Gasteiger partial charge in [-0.2, -0.15) is 0 Å². The van der Waals surface area contributed by atoms with Crippen molar-refractivity contribution in [1.82, 2.24) is 14.5 Å². The third kappa shape index (κ3) is 4.48. The number of morpholine rings is 1. The quantitative estimate of drug-likeness (QED) is 0.607. The number of pyridine rings is 1. The highest BCUT2D eigenvalue weighted by atomic mass is 19.1. The summed E-state index contributed by atoms with van der Waals surface area (Å²) in [4.78, 5) is 25.6. The maximum Gasteiger partial charge on any atom is 0.255 e. The number of hydrogen-bond acceptors (Lipinski definition) is 6. The van der Waals surface area contributed by atoms with Crippen LogP contribution in [0.4, 0.5) is 16.0 Å². The maximum atomic E-state index is 14.3. The molecule has 2 aliphatic rings. The molecule has 2 aliphatic heterocycles. The standard InChI is InChI=1S/C25H28FN5O2/c1-29-24(32)15-22(20-9-10-27-16-21(20)26)28-25(29)31-13-14-33-23(17-31)18-5-7-19(8-6-18)30-11-3-2-4-12-30/h5-10,15-16,23H,2-4,11-14,17H2,1H3/t23-/m1/s1. The van der Waals surface area contributed by atoms with Crippen molar-refractivity contribution in [2.45, 2.75) is 25.4 Å². The lowest BCUT2D eigenvalue weighted by atomic mass is 10.1. The van der Waals surface area contributed by atoms with Crippen molar-refractivity contribution in [1.29, 1.82) is 0 Å². The summed E-state index contributed by atoms with van der Waals surface area (Å²) in [5, 5.41) is 0. The number of halogens is 1. The second-order valence-electron chi connectivity index (χ2n) is 8.64. The molecule has 1 atom stereocenters. The fraction of sp³-hybridized carbons (Fsp3) is 0.400. The molecule has 4 heterocycles. The lowest BCUT2D eigenvalue weighted by Gasteiger charge is -2.35.